The van der Waals surface area contributed by atoms with Crippen molar-refractivity contribution >= 4 is 11.6 Å². The quantitative estimate of drug-likeness (QED) is 0.762. The maximum atomic E-state index is 11.3. The van der Waals surface area contributed by atoms with Crippen LogP contribution in [0.5, 0.6) is 0 Å². The second kappa shape index (κ2) is 6.50. The van der Waals surface area contributed by atoms with Crippen molar-refractivity contribution in [3.8, 4) is 0 Å². The van der Waals surface area contributed by atoms with Crippen LogP contribution in [0.3, 0.4) is 0 Å². The number of nitrogens with one attached hydrogen (secondary N) is 1. The van der Waals surface area contributed by atoms with E-state index in [9.17, 15) is 9.59 Å². The fourth-order valence-electron chi connectivity index (χ4n) is 1.35. The third-order valence-electron chi connectivity index (χ3n) is 2.21. The first-order valence-corrected chi connectivity index (χ1v) is 5.51. The van der Waals surface area contributed by atoms with Crippen molar-refractivity contribution in [1.29, 1.82) is 0 Å². The van der Waals surface area contributed by atoms with E-state index in [1.54, 1.807) is 7.11 Å². The van der Waals surface area contributed by atoms with Gasteiger partial charge in [0.2, 0.25) is 0 Å². The first-order chi connectivity index (χ1) is 7.65. The molecule has 0 aliphatic heterocycles. The van der Waals surface area contributed by atoms with Gasteiger partial charge in [-0.25, -0.2) is 4.79 Å². The molecule has 0 aliphatic rings. The van der Waals surface area contributed by atoms with E-state index in [0.29, 0.717) is 6.54 Å². The highest BCUT2D eigenvalue weighted by atomic mass is 35.5. The van der Waals surface area contributed by atoms with Crippen LogP contribution in [0.4, 0.5) is 0 Å². The summed E-state index contributed by atoms with van der Waals surface area (Å²) >= 11 is 5.62. The lowest BCUT2D eigenvalue weighted by Crippen LogP contribution is -2.29. The lowest BCUT2D eigenvalue weighted by Gasteiger charge is -2.04. The molecule has 0 atom stereocenters. The number of aryl methyl sites for hydroxylation is 1. The van der Waals surface area contributed by atoms with Gasteiger partial charge in [0.05, 0.1) is 0 Å². The van der Waals surface area contributed by atoms with Gasteiger partial charge in [0, 0.05) is 26.5 Å². The Balaban J connectivity index is 2.51. The molecule has 1 heterocycles. The molecule has 0 unspecified atom stereocenters. The van der Waals surface area contributed by atoms with E-state index in [-0.39, 0.29) is 5.02 Å². The Labute approximate surface area is 98.0 Å². The van der Waals surface area contributed by atoms with E-state index < -0.39 is 11.2 Å². The second-order valence-corrected chi connectivity index (χ2v) is 3.89. The Morgan fingerprint density at radius 2 is 2.12 bits per heavy atom. The molecule has 0 amide bonds. The van der Waals surface area contributed by atoms with Crippen LogP contribution in [0.25, 0.3) is 0 Å². The number of H-pyrrole nitrogens is 1. The summed E-state index contributed by atoms with van der Waals surface area (Å²) < 4.78 is 6.33. The van der Waals surface area contributed by atoms with E-state index in [1.807, 2.05) is 0 Å². The van der Waals surface area contributed by atoms with Gasteiger partial charge >= 0.3 is 5.69 Å². The predicted molar refractivity (Wildman–Crippen MR) is 62.1 cm³/mol. The van der Waals surface area contributed by atoms with E-state index in [4.69, 9.17) is 16.3 Å². The minimum absolute atomic E-state index is 0.0384. The molecule has 0 saturated heterocycles. The van der Waals surface area contributed by atoms with Gasteiger partial charge in [-0.2, -0.15) is 0 Å². The molecule has 5 nitrogen and oxygen atoms in total. The largest absolute Gasteiger partial charge is 0.385 e. The van der Waals surface area contributed by atoms with Crippen LogP contribution in [0.1, 0.15) is 19.3 Å². The number of halogens is 1. The van der Waals surface area contributed by atoms with Gasteiger partial charge in [-0.15, -0.1) is 0 Å². The molecule has 6 heteroatoms. The Morgan fingerprint density at radius 1 is 1.38 bits per heavy atom. The molecule has 1 aromatic rings. The molecular formula is C10H15ClN2O3. The first kappa shape index (κ1) is 13.0. The highest BCUT2D eigenvalue weighted by molar-refractivity contribution is 6.30. The summed E-state index contributed by atoms with van der Waals surface area (Å²) in [7, 11) is 1.66. The highest BCUT2D eigenvalue weighted by Crippen LogP contribution is 2.00. The number of aromatic amines is 1. The minimum Gasteiger partial charge on any atom is -0.385 e. The topological polar surface area (TPSA) is 64.1 Å². The SMILES string of the molecule is COCCCCCn1cc(Cl)c(=O)[nH]c1=O. The number of rotatable bonds is 6. The summed E-state index contributed by atoms with van der Waals surface area (Å²) in [6.45, 7) is 1.28. The summed E-state index contributed by atoms with van der Waals surface area (Å²) in [5, 5.41) is 0.0384. The molecule has 90 valence electrons. The van der Waals surface area contributed by atoms with Crippen LogP contribution in [0.15, 0.2) is 15.8 Å². The fourth-order valence-corrected chi connectivity index (χ4v) is 1.52. The number of hydrogen-bond donors (Lipinski definition) is 1. The maximum Gasteiger partial charge on any atom is 0.328 e. The molecule has 0 radical (unpaired) electrons. The molecule has 1 rings (SSSR count). The zero-order valence-corrected chi connectivity index (χ0v) is 9.92. The van der Waals surface area contributed by atoms with Crippen LogP contribution >= 0.6 is 11.6 Å². The normalized spacial score (nSPS) is 10.6. The summed E-state index contributed by atoms with van der Waals surface area (Å²) in [6.07, 6.45) is 4.16. The fraction of sp³-hybridized carbons (Fsp3) is 0.600. The zero-order chi connectivity index (χ0) is 12.0. The van der Waals surface area contributed by atoms with Crippen LogP contribution in [0, 0.1) is 0 Å². The summed E-state index contributed by atoms with van der Waals surface area (Å²) in [5.74, 6) is 0. The van der Waals surface area contributed by atoms with Gasteiger partial charge in [-0.05, 0) is 19.3 Å². The average molecular weight is 247 g/mol. The monoisotopic (exact) mass is 246 g/mol. The number of ether oxygens (including phenoxy) is 1. The van der Waals surface area contributed by atoms with E-state index >= 15 is 0 Å². The van der Waals surface area contributed by atoms with Crippen LogP contribution < -0.4 is 11.2 Å². The van der Waals surface area contributed by atoms with Gasteiger partial charge in [0.1, 0.15) is 5.02 Å². The van der Waals surface area contributed by atoms with Crippen LogP contribution in [0.2, 0.25) is 5.02 Å². The van der Waals surface area contributed by atoms with Gasteiger partial charge in [0.15, 0.2) is 0 Å². The molecule has 0 bridgehead atoms. The first-order valence-electron chi connectivity index (χ1n) is 5.13. The van der Waals surface area contributed by atoms with Crippen molar-refractivity contribution < 1.29 is 4.74 Å². The molecule has 0 aromatic carbocycles. The van der Waals surface area contributed by atoms with Gasteiger partial charge < -0.3 is 4.74 Å². The number of hydrogen-bond acceptors (Lipinski definition) is 3. The highest BCUT2D eigenvalue weighted by Gasteiger charge is 2.01. The summed E-state index contributed by atoms with van der Waals surface area (Å²) in [4.78, 5) is 24.5. The van der Waals surface area contributed by atoms with E-state index in [0.717, 1.165) is 25.9 Å². The maximum absolute atomic E-state index is 11.3. The zero-order valence-electron chi connectivity index (χ0n) is 9.16. The van der Waals surface area contributed by atoms with Gasteiger partial charge in [-0.3, -0.25) is 14.3 Å². The number of unbranched alkanes of at least 4 members (excludes halogenated alkanes) is 2. The molecule has 16 heavy (non-hydrogen) atoms. The van der Waals surface area contributed by atoms with Crippen molar-refractivity contribution in [1.82, 2.24) is 9.55 Å². The lowest BCUT2D eigenvalue weighted by molar-refractivity contribution is 0.191. The lowest BCUT2D eigenvalue weighted by atomic mass is 10.2. The second-order valence-electron chi connectivity index (χ2n) is 3.48. The van der Waals surface area contributed by atoms with Crippen LogP contribution in [-0.4, -0.2) is 23.3 Å². The Bertz CT molecular complexity index is 438. The number of nitrogens with zero attached hydrogens (tertiary/aromatic N) is 1. The third-order valence-corrected chi connectivity index (χ3v) is 2.48. The van der Waals surface area contributed by atoms with E-state index in [2.05, 4.69) is 4.98 Å². The Kier molecular flexibility index (Phi) is 5.28. The van der Waals surface area contributed by atoms with E-state index in [1.165, 1.54) is 10.8 Å². The van der Waals surface area contributed by atoms with Crippen molar-refractivity contribution in [2.75, 3.05) is 13.7 Å². The summed E-state index contributed by atoms with van der Waals surface area (Å²) in [5.41, 5.74) is -0.955. The van der Waals surface area contributed by atoms with Crippen LogP contribution in [-0.2, 0) is 11.3 Å². The Morgan fingerprint density at radius 3 is 2.81 bits per heavy atom. The minimum atomic E-state index is -0.540. The molecule has 0 fully saturated rings. The van der Waals surface area contributed by atoms with Crippen molar-refractivity contribution in [2.45, 2.75) is 25.8 Å². The van der Waals surface area contributed by atoms with Gasteiger partial charge in [-0.1, -0.05) is 11.6 Å². The third kappa shape index (κ3) is 3.83. The van der Waals surface area contributed by atoms with Gasteiger partial charge in [0.25, 0.3) is 5.56 Å². The molecule has 0 aliphatic carbocycles. The number of methoxy groups -OCH3 is 1. The molecule has 0 spiro atoms. The molecular weight excluding hydrogens is 232 g/mol. The van der Waals surface area contributed by atoms with Crippen molar-refractivity contribution in [3.05, 3.63) is 32.1 Å². The predicted octanol–water partition coefficient (Wildman–Crippen LogP) is 1.01. The summed E-state index contributed by atoms with van der Waals surface area (Å²) in [6, 6.07) is 0. The Hall–Kier alpha value is -1.07. The standard InChI is InChI=1S/C10H15ClN2O3/c1-16-6-4-2-3-5-13-7-8(11)9(14)12-10(13)15/h7H,2-6H2,1H3,(H,12,14,15). The van der Waals surface area contributed by atoms with Crippen molar-refractivity contribution in [3.63, 3.8) is 0 Å². The molecule has 1 aromatic heterocycles. The number of aromatic nitrogens is 2. The van der Waals surface area contributed by atoms with Crippen molar-refractivity contribution in [2.24, 2.45) is 0 Å². The molecule has 1 N–H and O–H groups in total. The smallest absolute Gasteiger partial charge is 0.328 e. The average Bonchev–Trinajstić information content (AvgIpc) is 2.25. The molecule has 0 saturated carbocycles.